The van der Waals surface area contributed by atoms with Crippen molar-refractivity contribution < 1.29 is 18.8 Å². The van der Waals surface area contributed by atoms with Crippen molar-refractivity contribution in [2.45, 2.75) is 32.1 Å². The van der Waals surface area contributed by atoms with E-state index >= 15 is 0 Å². The number of hydrogen-bond donors (Lipinski definition) is 1. The minimum Gasteiger partial charge on any atom is -0.454 e. The molecular formula is C23H22N6O4S. The van der Waals surface area contributed by atoms with Crippen LogP contribution in [0.25, 0.3) is 23.1 Å². The molecule has 0 atom stereocenters. The van der Waals surface area contributed by atoms with Crippen LogP contribution in [0, 0.1) is 6.92 Å². The Kier molecular flexibility index (Phi) is 6.17. The number of fused-ring (bicyclic) bond motifs is 1. The van der Waals surface area contributed by atoms with Crippen molar-refractivity contribution in [2.24, 2.45) is 0 Å². The van der Waals surface area contributed by atoms with Crippen LogP contribution < -0.4 is 14.8 Å². The lowest BCUT2D eigenvalue weighted by Crippen LogP contribution is -2.24. The molecule has 10 nitrogen and oxygen atoms in total. The van der Waals surface area contributed by atoms with Crippen molar-refractivity contribution in [1.82, 2.24) is 30.2 Å². The molecule has 0 fully saturated rings. The summed E-state index contributed by atoms with van der Waals surface area (Å²) in [6, 6.07) is 13.5. The van der Waals surface area contributed by atoms with Gasteiger partial charge in [0.1, 0.15) is 0 Å². The van der Waals surface area contributed by atoms with E-state index in [1.54, 1.807) is 0 Å². The van der Waals surface area contributed by atoms with Crippen molar-refractivity contribution in [3.63, 3.8) is 0 Å². The molecule has 0 saturated heterocycles. The van der Waals surface area contributed by atoms with Crippen molar-refractivity contribution in [1.29, 1.82) is 0 Å². The molecule has 3 heterocycles. The van der Waals surface area contributed by atoms with E-state index in [1.807, 2.05) is 60.9 Å². The third kappa shape index (κ3) is 4.60. The van der Waals surface area contributed by atoms with Crippen molar-refractivity contribution in [3.05, 3.63) is 53.6 Å². The first kappa shape index (κ1) is 22.0. The number of benzene rings is 2. The van der Waals surface area contributed by atoms with Gasteiger partial charge in [0.05, 0.1) is 5.75 Å². The van der Waals surface area contributed by atoms with Crippen LogP contribution in [0.5, 0.6) is 11.5 Å². The predicted octanol–water partition coefficient (Wildman–Crippen LogP) is 3.46. The first-order valence-electron chi connectivity index (χ1n) is 10.7. The molecule has 174 valence electrons. The topological polar surface area (TPSA) is 117 Å². The Hall–Kier alpha value is -3.86. The zero-order valence-corrected chi connectivity index (χ0v) is 19.5. The normalized spacial score (nSPS) is 12.2. The molecule has 4 aromatic rings. The number of ether oxygens (including phenoxy) is 2. The second-order valence-electron chi connectivity index (χ2n) is 7.60. The maximum Gasteiger partial charge on any atom is 0.296 e. The summed E-state index contributed by atoms with van der Waals surface area (Å²) in [5.41, 5.74) is 2.91. The highest BCUT2D eigenvalue weighted by Crippen LogP contribution is 2.32. The van der Waals surface area contributed by atoms with Crippen LogP contribution in [0.4, 0.5) is 0 Å². The Bertz CT molecular complexity index is 1330. The van der Waals surface area contributed by atoms with E-state index in [1.165, 1.54) is 11.8 Å². The molecule has 1 N–H and O–H groups in total. The number of carbonyl (C=O) groups is 1. The molecule has 1 amide bonds. The number of nitrogens with one attached hydrogen (secondary N) is 1. The van der Waals surface area contributed by atoms with Crippen molar-refractivity contribution in [2.75, 3.05) is 12.5 Å². The van der Waals surface area contributed by atoms with Gasteiger partial charge in [0.25, 0.3) is 5.89 Å². The Morgan fingerprint density at radius 3 is 2.88 bits per heavy atom. The smallest absolute Gasteiger partial charge is 0.296 e. The molecule has 2 aromatic carbocycles. The molecule has 0 unspecified atom stereocenters. The van der Waals surface area contributed by atoms with E-state index in [4.69, 9.17) is 14.0 Å². The van der Waals surface area contributed by atoms with Crippen LogP contribution in [0.15, 0.2) is 52.1 Å². The van der Waals surface area contributed by atoms with Gasteiger partial charge in [-0.15, -0.1) is 10.2 Å². The summed E-state index contributed by atoms with van der Waals surface area (Å²) in [6.45, 7) is 5.18. The summed E-state index contributed by atoms with van der Waals surface area (Å²) in [6.07, 6.45) is 0. The maximum absolute atomic E-state index is 12.4. The second kappa shape index (κ2) is 9.56. The average molecular weight is 479 g/mol. The summed E-state index contributed by atoms with van der Waals surface area (Å²) in [4.78, 5) is 16.9. The number of aryl methyl sites for hydroxylation is 1. The number of rotatable bonds is 8. The van der Waals surface area contributed by atoms with Gasteiger partial charge in [-0.3, -0.25) is 9.36 Å². The predicted molar refractivity (Wildman–Crippen MR) is 124 cm³/mol. The number of thioether (sulfide) groups is 1. The standard InChI is InChI=1S/C23H22N6O4S/c1-3-29-21(22-25-20(28-33-22)16-6-4-5-14(2)9-16)26-27-23(29)34-12-19(30)24-11-15-7-8-17-18(10-15)32-13-31-17/h4-10H,3,11-13H2,1-2H3,(H,24,30). The molecule has 0 radical (unpaired) electrons. The van der Waals surface area contributed by atoms with Crippen LogP contribution in [-0.2, 0) is 17.9 Å². The third-order valence-electron chi connectivity index (χ3n) is 5.19. The Morgan fingerprint density at radius 1 is 1.15 bits per heavy atom. The number of nitrogens with zero attached hydrogens (tertiary/aromatic N) is 5. The highest BCUT2D eigenvalue weighted by molar-refractivity contribution is 7.99. The largest absolute Gasteiger partial charge is 0.454 e. The minimum absolute atomic E-state index is 0.116. The first-order valence-corrected chi connectivity index (χ1v) is 11.7. The van der Waals surface area contributed by atoms with Crippen molar-refractivity contribution >= 4 is 17.7 Å². The van der Waals surface area contributed by atoms with E-state index in [-0.39, 0.29) is 24.3 Å². The van der Waals surface area contributed by atoms with Gasteiger partial charge in [-0.25, -0.2) is 0 Å². The molecule has 1 aliphatic rings. The van der Waals surface area contributed by atoms with Crippen molar-refractivity contribution in [3.8, 4) is 34.6 Å². The Labute approximate surface area is 199 Å². The lowest BCUT2D eigenvalue weighted by atomic mass is 10.1. The highest BCUT2D eigenvalue weighted by Gasteiger charge is 2.20. The number of carbonyl (C=O) groups excluding carboxylic acids is 1. The van der Waals surface area contributed by atoms with E-state index in [0.717, 1.165) is 16.7 Å². The zero-order chi connectivity index (χ0) is 23.5. The molecule has 0 aliphatic carbocycles. The summed E-state index contributed by atoms with van der Waals surface area (Å²) in [7, 11) is 0. The average Bonchev–Trinajstić information content (AvgIpc) is 3.60. The van der Waals surface area contributed by atoms with Gasteiger partial charge in [-0.05, 0) is 37.6 Å². The van der Waals surface area contributed by atoms with Gasteiger partial charge in [-0.1, -0.05) is 46.7 Å². The Balaban J connectivity index is 1.22. The van der Waals surface area contributed by atoms with Gasteiger partial charge in [0.2, 0.25) is 24.3 Å². The van der Waals surface area contributed by atoms with E-state index in [0.29, 0.717) is 41.4 Å². The van der Waals surface area contributed by atoms with Crippen LogP contribution in [0.3, 0.4) is 0 Å². The lowest BCUT2D eigenvalue weighted by molar-refractivity contribution is -0.118. The summed E-state index contributed by atoms with van der Waals surface area (Å²) >= 11 is 1.30. The summed E-state index contributed by atoms with van der Waals surface area (Å²) < 4.78 is 18.0. The van der Waals surface area contributed by atoms with E-state index in [9.17, 15) is 4.79 Å². The molecule has 34 heavy (non-hydrogen) atoms. The van der Waals surface area contributed by atoms with Gasteiger partial charge in [0.15, 0.2) is 16.7 Å². The molecule has 0 saturated carbocycles. The lowest BCUT2D eigenvalue weighted by Gasteiger charge is -2.07. The number of aromatic nitrogens is 5. The maximum atomic E-state index is 12.4. The molecule has 2 aromatic heterocycles. The number of amides is 1. The zero-order valence-electron chi connectivity index (χ0n) is 18.6. The second-order valence-corrected chi connectivity index (χ2v) is 8.54. The fraction of sp³-hybridized carbons (Fsp3) is 0.261. The molecule has 5 rings (SSSR count). The van der Waals surface area contributed by atoms with E-state index < -0.39 is 0 Å². The monoisotopic (exact) mass is 478 g/mol. The summed E-state index contributed by atoms with van der Waals surface area (Å²) in [5.74, 6) is 2.72. The fourth-order valence-corrected chi connectivity index (χ4v) is 4.32. The van der Waals surface area contributed by atoms with E-state index in [2.05, 4.69) is 25.7 Å². The minimum atomic E-state index is -0.116. The highest BCUT2D eigenvalue weighted by atomic mass is 32.2. The summed E-state index contributed by atoms with van der Waals surface area (Å²) in [5, 5.41) is 16.0. The van der Waals surface area contributed by atoms with Gasteiger partial charge in [0, 0.05) is 18.7 Å². The van der Waals surface area contributed by atoms with Gasteiger partial charge < -0.3 is 19.3 Å². The first-order chi connectivity index (χ1) is 16.6. The molecule has 11 heteroatoms. The Morgan fingerprint density at radius 2 is 2.03 bits per heavy atom. The SMILES string of the molecule is CCn1c(SCC(=O)NCc2ccc3c(c2)OCO3)nnc1-c1nc(-c2cccc(C)c2)no1. The molecular weight excluding hydrogens is 456 g/mol. The number of hydrogen-bond acceptors (Lipinski definition) is 9. The fourth-order valence-electron chi connectivity index (χ4n) is 3.49. The van der Waals surface area contributed by atoms with Crippen LogP contribution in [0.1, 0.15) is 18.1 Å². The third-order valence-corrected chi connectivity index (χ3v) is 6.15. The van der Waals surface area contributed by atoms with Crippen LogP contribution in [-0.4, -0.2) is 43.4 Å². The van der Waals surface area contributed by atoms with Crippen LogP contribution >= 0.6 is 11.8 Å². The van der Waals surface area contributed by atoms with Gasteiger partial charge >= 0.3 is 0 Å². The van der Waals surface area contributed by atoms with Crippen LogP contribution in [0.2, 0.25) is 0 Å². The quantitative estimate of drug-likeness (QED) is 0.380. The van der Waals surface area contributed by atoms with Gasteiger partial charge in [-0.2, -0.15) is 4.98 Å². The molecule has 0 spiro atoms. The molecule has 1 aliphatic heterocycles. The molecule has 0 bridgehead atoms.